The van der Waals surface area contributed by atoms with Gasteiger partial charge in [0.2, 0.25) is 0 Å². The number of ether oxygens (including phenoxy) is 2. The Hall–Kier alpha value is -2.82. The van der Waals surface area contributed by atoms with Crippen LogP contribution in [0.15, 0.2) is 30.7 Å². The number of benzene rings is 1. The number of aromatic nitrogens is 3. The highest BCUT2D eigenvalue weighted by Gasteiger charge is 2.44. The largest absolute Gasteiger partial charge is 0.488 e. The SMILES string of the molecule is Cc1ncnc2c1ccn2[C@@H]1C[C@H](Oc2cc(F)c(F)cc2OCCN)[C@@H](O)[C@H]1O. The lowest BCUT2D eigenvalue weighted by atomic mass is 10.2. The predicted octanol–water partition coefficient (Wildman–Crippen LogP) is 1.47. The first-order chi connectivity index (χ1) is 14.4. The van der Waals surface area contributed by atoms with Gasteiger partial charge < -0.3 is 30.0 Å². The molecule has 4 N–H and O–H groups in total. The maximum absolute atomic E-state index is 13.8. The van der Waals surface area contributed by atoms with Crippen LogP contribution >= 0.6 is 0 Å². The van der Waals surface area contributed by atoms with E-state index in [-0.39, 0.29) is 31.1 Å². The molecule has 0 saturated heterocycles. The van der Waals surface area contributed by atoms with E-state index >= 15 is 0 Å². The molecule has 1 aliphatic carbocycles. The van der Waals surface area contributed by atoms with E-state index in [0.29, 0.717) is 5.65 Å². The fraction of sp³-hybridized carbons (Fsp3) is 0.400. The summed E-state index contributed by atoms with van der Waals surface area (Å²) in [5.74, 6) is -2.31. The molecule has 2 heterocycles. The molecule has 30 heavy (non-hydrogen) atoms. The van der Waals surface area contributed by atoms with Crippen LogP contribution in [0, 0.1) is 18.6 Å². The van der Waals surface area contributed by atoms with E-state index in [1.54, 1.807) is 10.8 Å². The number of aliphatic hydroxyl groups excluding tert-OH is 2. The predicted molar refractivity (Wildman–Crippen MR) is 103 cm³/mol. The Kier molecular flexibility index (Phi) is 5.54. The molecule has 10 heteroatoms. The molecule has 0 amide bonds. The molecule has 2 aromatic heterocycles. The average Bonchev–Trinajstić information content (AvgIpc) is 3.27. The molecule has 1 aliphatic rings. The van der Waals surface area contributed by atoms with Crippen molar-refractivity contribution in [2.24, 2.45) is 5.73 Å². The topological polar surface area (TPSA) is 116 Å². The third kappa shape index (κ3) is 3.57. The van der Waals surface area contributed by atoms with Gasteiger partial charge in [0.05, 0.1) is 11.7 Å². The van der Waals surface area contributed by atoms with Crippen molar-refractivity contribution in [1.82, 2.24) is 14.5 Å². The number of hydrogen-bond acceptors (Lipinski definition) is 7. The van der Waals surface area contributed by atoms with Crippen molar-refractivity contribution in [1.29, 1.82) is 0 Å². The standard InChI is InChI=1S/C20H22F2N4O4/c1-10-11-2-4-26(20(11)25-9-24-10)14-8-17(19(28)18(14)27)30-16-7-13(22)12(21)6-15(16)29-5-3-23/h2,4,6-7,9,14,17-19,27-28H,3,5,8,23H2,1H3/t14-,17+,18+,19-/m1/s1. The number of aryl methyl sites for hydroxylation is 1. The molecule has 1 saturated carbocycles. The molecule has 1 aromatic carbocycles. The van der Waals surface area contributed by atoms with Gasteiger partial charge in [-0.2, -0.15) is 0 Å². The molecule has 1 fully saturated rings. The summed E-state index contributed by atoms with van der Waals surface area (Å²) in [5.41, 5.74) is 6.83. The molecule has 0 radical (unpaired) electrons. The van der Waals surface area contributed by atoms with E-state index in [4.69, 9.17) is 15.2 Å². The summed E-state index contributed by atoms with van der Waals surface area (Å²) in [5, 5.41) is 22.0. The average molecular weight is 420 g/mol. The van der Waals surface area contributed by atoms with E-state index in [2.05, 4.69) is 9.97 Å². The van der Waals surface area contributed by atoms with Gasteiger partial charge in [-0.25, -0.2) is 18.7 Å². The highest BCUT2D eigenvalue weighted by Crippen LogP contribution is 2.38. The van der Waals surface area contributed by atoms with E-state index < -0.39 is 36.0 Å². The fourth-order valence-electron chi connectivity index (χ4n) is 3.77. The van der Waals surface area contributed by atoms with Crippen LogP contribution in [-0.2, 0) is 0 Å². The van der Waals surface area contributed by atoms with Gasteiger partial charge in [0, 0.05) is 36.7 Å². The second-order valence-corrected chi connectivity index (χ2v) is 7.21. The van der Waals surface area contributed by atoms with Crippen LogP contribution in [0.2, 0.25) is 0 Å². The van der Waals surface area contributed by atoms with E-state index in [1.165, 1.54) is 6.33 Å². The second kappa shape index (κ2) is 8.13. The first-order valence-electron chi connectivity index (χ1n) is 9.53. The highest BCUT2D eigenvalue weighted by atomic mass is 19.2. The molecule has 0 unspecified atom stereocenters. The van der Waals surface area contributed by atoms with Crippen molar-refractivity contribution in [3.05, 3.63) is 48.1 Å². The maximum atomic E-state index is 13.8. The molecule has 0 spiro atoms. The zero-order chi connectivity index (χ0) is 21.4. The lowest BCUT2D eigenvalue weighted by Gasteiger charge is -2.20. The zero-order valence-electron chi connectivity index (χ0n) is 16.2. The first kappa shape index (κ1) is 20.5. The number of halogens is 2. The number of nitrogens with two attached hydrogens (primary N) is 1. The van der Waals surface area contributed by atoms with Gasteiger partial charge in [-0.15, -0.1) is 0 Å². The minimum absolute atomic E-state index is 0.0285. The summed E-state index contributed by atoms with van der Waals surface area (Å²) < 4.78 is 40.3. The maximum Gasteiger partial charge on any atom is 0.164 e. The van der Waals surface area contributed by atoms with Gasteiger partial charge in [0.25, 0.3) is 0 Å². The molecule has 0 bridgehead atoms. The third-order valence-corrected chi connectivity index (χ3v) is 5.31. The molecular weight excluding hydrogens is 398 g/mol. The lowest BCUT2D eigenvalue weighted by molar-refractivity contribution is -0.0171. The van der Waals surface area contributed by atoms with Crippen molar-refractivity contribution >= 4 is 11.0 Å². The third-order valence-electron chi connectivity index (χ3n) is 5.31. The van der Waals surface area contributed by atoms with Crippen molar-refractivity contribution in [2.75, 3.05) is 13.2 Å². The highest BCUT2D eigenvalue weighted by molar-refractivity contribution is 5.78. The van der Waals surface area contributed by atoms with E-state index in [9.17, 15) is 19.0 Å². The molecule has 160 valence electrons. The van der Waals surface area contributed by atoms with Gasteiger partial charge in [-0.3, -0.25) is 0 Å². The monoisotopic (exact) mass is 420 g/mol. The lowest BCUT2D eigenvalue weighted by Crippen LogP contribution is -2.34. The van der Waals surface area contributed by atoms with Crippen LogP contribution < -0.4 is 15.2 Å². The van der Waals surface area contributed by atoms with E-state index in [0.717, 1.165) is 23.2 Å². The van der Waals surface area contributed by atoms with Gasteiger partial charge in [-0.1, -0.05) is 0 Å². The number of nitrogens with zero attached hydrogens (tertiary/aromatic N) is 3. The van der Waals surface area contributed by atoms with Crippen molar-refractivity contribution in [2.45, 2.75) is 37.7 Å². The van der Waals surface area contributed by atoms with Crippen molar-refractivity contribution in [3.63, 3.8) is 0 Å². The van der Waals surface area contributed by atoms with Gasteiger partial charge in [-0.05, 0) is 13.0 Å². The first-order valence-corrected chi connectivity index (χ1v) is 9.53. The van der Waals surface area contributed by atoms with Gasteiger partial charge >= 0.3 is 0 Å². The fourth-order valence-corrected chi connectivity index (χ4v) is 3.77. The molecular formula is C20H22F2N4O4. The minimum atomic E-state index is -1.26. The normalized spacial score (nSPS) is 23.8. The second-order valence-electron chi connectivity index (χ2n) is 7.21. The number of hydrogen-bond donors (Lipinski definition) is 3. The summed E-state index contributed by atoms with van der Waals surface area (Å²) in [4.78, 5) is 8.43. The van der Waals surface area contributed by atoms with E-state index in [1.807, 2.05) is 13.0 Å². The van der Waals surface area contributed by atoms with Crippen LogP contribution in [0.4, 0.5) is 8.78 Å². The molecule has 0 aliphatic heterocycles. The van der Waals surface area contributed by atoms with Crippen LogP contribution in [-0.4, -0.2) is 56.2 Å². The quantitative estimate of drug-likeness (QED) is 0.553. The van der Waals surface area contributed by atoms with Crippen LogP contribution in [0.5, 0.6) is 11.5 Å². The Morgan fingerprint density at radius 1 is 1.17 bits per heavy atom. The minimum Gasteiger partial charge on any atom is -0.488 e. The van der Waals surface area contributed by atoms with Crippen LogP contribution in [0.3, 0.4) is 0 Å². The zero-order valence-corrected chi connectivity index (χ0v) is 16.2. The summed E-state index contributed by atoms with van der Waals surface area (Å²) in [6.07, 6.45) is 0.121. The molecule has 3 aromatic rings. The smallest absolute Gasteiger partial charge is 0.164 e. The van der Waals surface area contributed by atoms with Gasteiger partial charge in [0.15, 0.2) is 23.1 Å². The Bertz CT molecular complexity index is 1060. The molecule has 8 nitrogen and oxygen atoms in total. The van der Waals surface area contributed by atoms with Crippen LogP contribution in [0.25, 0.3) is 11.0 Å². The Labute approximate surface area is 170 Å². The Balaban J connectivity index is 1.61. The number of fused-ring (bicyclic) bond motifs is 1. The molecule has 4 rings (SSSR count). The van der Waals surface area contributed by atoms with Crippen LogP contribution in [0.1, 0.15) is 18.2 Å². The Morgan fingerprint density at radius 3 is 2.63 bits per heavy atom. The van der Waals surface area contributed by atoms with Gasteiger partial charge in [0.1, 0.15) is 36.9 Å². The van der Waals surface area contributed by atoms with Crippen molar-refractivity contribution < 1.29 is 28.5 Å². The summed E-state index contributed by atoms with van der Waals surface area (Å²) >= 11 is 0. The number of aliphatic hydroxyl groups is 2. The summed E-state index contributed by atoms with van der Waals surface area (Å²) in [6.45, 7) is 2.10. The number of rotatable bonds is 6. The Morgan fingerprint density at radius 2 is 1.90 bits per heavy atom. The van der Waals surface area contributed by atoms with Crippen molar-refractivity contribution in [3.8, 4) is 11.5 Å². The summed E-state index contributed by atoms with van der Waals surface area (Å²) in [7, 11) is 0. The summed E-state index contributed by atoms with van der Waals surface area (Å²) in [6, 6.07) is 3.03. The molecule has 4 atom stereocenters.